The first-order chi connectivity index (χ1) is 8.24. The molecule has 10 unspecified atom stereocenters. The van der Waals surface area contributed by atoms with Crippen molar-refractivity contribution in [2.45, 2.75) is 46.0 Å². The van der Waals surface area contributed by atoms with Crippen LogP contribution in [0.1, 0.15) is 46.0 Å². The summed E-state index contributed by atoms with van der Waals surface area (Å²) in [6, 6.07) is 0. The SMILES string of the molecule is CC1CC2CC1C1CC3C4CC(C)C(C4)C3C21. The predicted octanol–water partition coefficient (Wildman–Crippen LogP) is 4.21. The molecule has 0 saturated heterocycles. The third-order valence-corrected chi connectivity index (χ3v) is 8.13. The largest absolute Gasteiger partial charge is 0.0622 e. The van der Waals surface area contributed by atoms with Crippen LogP contribution in [0, 0.1) is 59.2 Å². The van der Waals surface area contributed by atoms with Crippen molar-refractivity contribution < 1.29 is 0 Å². The van der Waals surface area contributed by atoms with Gasteiger partial charge in [0.1, 0.15) is 0 Å². The van der Waals surface area contributed by atoms with Crippen LogP contribution in [0.15, 0.2) is 0 Å². The maximum Gasteiger partial charge on any atom is -0.0318 e. The van der Waals surface area contributed by atoms with Crippen molar-refractivity contribution in [3.63, 3.8) is 0 Å². The lowest BCUT2D eigenvalue weighted by atomic mass is 9.68. The van der Waals surface area contributed by atoms with Crippen LogP contribution < -0.4 is 0 Å². The summed E-state index contributed by atoms with van der Waals surface area (Å²) in [4.78, 5) is 0. The quantitative estimate of drug-likeness (QED) is 0.585. The highest BCUT2D eigenvalue weighted by molar-refractivity contribution is 5.14. The first-order valence-corrected chi connectivity index (χ1v) is 8.24. The summed E-state index contributed by atoms with van der Waals surface area (Å²) in [5, 5.41) is 0. The highest BCUT2D eigenvalue weighted by Crippen LogP contribution is 2.72. The van der Waals surface area contributed by atoms with Crippen LogP contribution in [-0.4, -0.2) is 0 Å². The molecule has 5 saturated carbocycles. The highest BCUT2D eigenvalue weighted by atomic mass is 14.7. The molecule has 4 bridgehead atoms. The minimum Gasteiger partial charge on any atom is -0.0622 e. The Balaban J connectivity index is 1.53. The molecule has 0 aromatic carbocycles. The summed E-state index contributed by atoms with van der Waals surface area (Å²) in [7, 11) is 0. The van der Waals surface area contributed by atoms with Crippen molar-refractivity contribution >= 4 is 0 Å². The molecule has 5 rings (SSSR count). The minimum atomic E-state index is 1.08. The minimum absolute atomic E-state index is 1.08. The lowest BCUT2D eigenvalue weighted by Crippen LogP contribution is -2.32. The van der Waals surface area contributed by atoms with Gasteiger partial charge in [-0.3, -0.25) is 0 Å². The summed E-state index contributed by atoms with van der Waals surface area (Å²) in [6.07, 6.45) is 8.11. The molecular weight excluding hydrogens is 204 g/mol. The maximum atomic E-state index is 2.56. The Labute approximate surface area is 106 Å². The van der Waals surface area contributed by atoms with Crippen molar-refractivity contribution in [3.8, 4) is 0 Å². The van der Waals surface area contributed by atoms with E-state index in [4.69, 9.17) is 0 Å². The molecule has 5 aliphatic rings. The third kappa shape index (κ3) is 1.00. The highest BCUT2D eigenvalue weighted by Gasteiger charge is 2.65. The van der Waals surface area contributed by atoms with Gasteiger partial charge in [0.15, 0.2) is 0 Å². The zero-order valence-corrected chi connectivity index (χ0v) is 11.3. The van der Waals surface area contributed by atoms with Crippen LogP contribution in [0.2, 0.25) is 0 Å². The number of rotatable bonds is 0. The molecule has 0 amide bonds. The second-order valence-corrected chi connectivity index (χ2v) is 8.46. The van der Waals surface area contributed by atoms with E-state index in [1.165, 1.54) is 35.5 Å². The monoisotopic (exact) mass is 230 g/mol. The molecular formula is C17H26. The molecule has 0 heterocycles. The Morgan fingerprint density at radius 3 is 2.12 bits per heavy atom. The van der Waals surface area contributed by atoms with Gasteiger partial charge in [0.25, 0.3) is 0 Å². The van der Waals surface area contributed by atoms with E-state index in [1.807, 2.05) is 0 Å². The van der Waals surface area contributed by atoms with E-state index in [1.54, 1.807) is 32.1 Å². The van der Waals surface area contributed by atoms with E-state index >= 15 is 0 Å². The van der Waals surface area contributed by atoms with Crippen molar-refractivity contribution in [2.24, 2.45) is 59.2 Å². The fourth-order valence-corrected chi connectivity index (χ4v) is 7.89. The number of fused-ring (bicyclic) bond motifs is 11. The molecule has 5 fully saturated rings. The van der Waals surface area contributed by atoms with E-state index in [-0.39, 0.29) is 0 Å². The van der Waals surface area contributed by atoms with Crippen molar-refractivity contribution in [1.29, 1.82) is 0 Å². The van der Waals surface area contributed by atoms with Crippen LogP contribution in [0.25, 0.3) is 0 Å². The molecule has 0 radical (unpaired) electrons. The summed E-state index contributed by atoms with van der Waals surface area (Å²) in [6.45, 7) is 5.11. The fraction of sp³-hybridized carbons (Fsp3) is 1.00. The molecule has 94 valence electrons. The summed E-state index contributed by atoms with van der Waals surface area (Å²) >= 11 is 0. The Morgan fingerprint density at radius 2 is 1.24 bits per heavy atom. The average molecular weight is 230 g/mol. The first kappa shape index (κ1) is 9.87. The molecule has 10 atom stereocenters. The van der Waals surface area contributed by atoms with E-state index in [0.29, 0.717) is 0 Å². The molecule has 0 aliphatic heterocycles. The van der Waals surface area contributed by atoms with Gasteiger partial charge in [-0.2, -0.15) is 0 Å². The lowest BCUT2D eigenvalue weighted by Gasteiger charge is -2.37. The normalized spacial score (nSPS) is 70.9. The van der Waals surface area contributed by atoms with E-state index in [0.717, 1.165) is 23.7 Å². The summed E-state index contributed by atoms with van der Waals surface area (Å²) < 4.78 is 0. The predicted molar refractivity (Wildman–Crippen MR) is 69.3 cm³/mol. The van der Waals surface area contributed by atoms with Gasteiger partial charge in [0.2, 0.25) is 0 Å². The van der Waals surface area contributed by atoms with E-state index in [9.17, 15) is 0 Å². The molecule has 0 N–H and O–H groups in total. The van der Waals surface area contributed by atoms with Crippen LogP contribution in [0.3, 0.4) is 0 Å². The van der Waals surface area contributed by atoms with E-state index < -0.39 is 0 Å². The van der Waals surface area contributed by atoms with Gasteiger partial charge >= 0.3 is 0 Å². The Morgan fingerprint density at radius 1 is 0.529 bits per heavy atom. The van der Waals surface area contributed by atoms with Gasteiger partial charge in [-0.1, -0.05) is 13.8 Å². The fourth-order valence-electron chi connectivity index (χ4n) is 7.89. The van der Waals surface area contributed by atoms with Crippen molar-refractivity contribution in [2.75, 3.05) is 0 Å². The van der Waals surface area contributed by atoms with Crippen LogP contribution in [0.4, 0.5) is 0 Å². The molecule has 0 nitrogen and oxygen atoms in total. The Hall–Kier alpha value is 0. The molecule has 5 aliphatic carbocycles. The summed E-state index contributed by atoms with van der Waals surface area (Å²) in [5.74, 6) is 11.6. The molecule has 17 heavy (non-hydrogen) atoms. The maximum absolute atomic E-state index is 2.56. The second kappa shape index (κ2) is 2.94. The standard InChI is InChI=1S/C17H26/c1-8-4-11-6-12(8)15-7-14-10-3-9(2)13(5-10)17(14)16(11)15/h8-17H,3-7H2,1-2H3. The molecule has 0 heteroatoms. The zero-order valence-electron chi connectivity index (χ0n) is 11.3. The van der Waals surface area contributed by atoms with Crippen molar-refractivity contribution in [1.82, 2.24) is 0 Å². The topological polar surface area (TPSA) is 0 Å². The molecule has 0 aromatic heterocycles. The first-order valence-electron chi connectivity index (χ1n) is 8.24. The number of hydrogen-bond acceptors (Lipinski definition) is 0. The van der Waals surface area contributed by atoms with Crippen LogP contribution in [0.5, 0.6) is 0 Å². The van der Waals surface area contributed by atoms with Gasteiger partial charge in [0, 0.05) is 0 Å². The average Bonchev–Trinajstić information content (AvgIpc) is 2.95. The van der Waals surface area contributed by atoms with Gasteiger partial charge in [-0.05, 0) is 91.3 Å². The van der Waals surface area contributed by atoms with Gasteiger partial charge in [0.05, 0.1) is 0 Å². The molecule has 0 aromatic rings. The second-order valence-electron chi connectivity index (χ2n) is 8.46. The Kier molecular flexibility index (Phi) is 1.71. The Bertz CT molecular complexity index is 359. The number of hydrogen-bond donors (Lipinski definition) is 0. The summed E-state index contributed by atoms with van der Waals surface area (Å²) in [5.41, 5.74) is 0. The third-order valence-electron chi connectivity index (χ3n) is 8.13. The van der Waals surface area contributed by atoms with E-state index in [2.05, 4.69) is 13.8 Å². The van der Waals surface area contributed by atoms with Crippen LogP contribution >= 0.6 is 0 Å². The van der Waals surface area contributed by atoms with Gasteiger partial charge in [-0.15, -0.1) is 0 Å². The zero-order chi connectivity index (χ0) is 11.3. The lowest BCUT2D eigenvalue weighted by molar-refractivity contribution is 0.110. The van der Waals surface area contributed by atoms with Gasteiger partial charge in [-0.25, -0.2) is 0 Å². The van der Waals surface area contributed by atoms with Crippen LogP contribution in [-0.2, 0) is 0 Å². The molecule has 0 spiro atoms. The van der Waals surface area contributed by atoms with Gasteiger partial charge < -0.3 is 0 Å². The smallest absolute Gasteiger partial charge is 0.0318 e. The van der Waals surface area contributed by atoms with Crippen molar-refractivity contribution in [3.05, 3.63) is 0 Å².